The number of aliphatic carboxylic acids is 1. The van der Waals surface area contributed by atoms with Crippen LogP contribution in [0.4, 0.5) is 5.69 Å². The number of rotatable bonds is 4. The minimum atomic E-state index is -1.24. The summed E-state index contributed by atoms with van der Waals surface area (Å²) in [5.74, 6) is -3.77. The fourth-order valence-electron chi connectivity index (χ4n) is 2.25. The highest BCUT2D eigenvalue weighted by molar-refractivity contribution is 7.12. The summed E-state index contributed by atoms with van der Waals surface area (Å²) < 4.78 is 4.63. The quantitative estimate of drug-likeness (QED) is 0.656. The third-order valence-electron chi connectivity index (χ3n) is 3.37. The first-order valence-corrected chi connectivity index (χ1v) is 7.25. The summed E-state index contributed by atoms with van der Waals surface area (Å²) in [5, 5.41) is 15.4. The van der Waals surface area contributed by atoms with Crippen molar-refractivity contribution in [1.82, 2.24) is 0 Å². The predicted molar refractivity (Wildman–Crippen MR) is 74.6 cm³/mol. The van der Waals surface area contributed by atoms with Gasteiger partial charge >= 0.3 is 5.97 Å². The largest absolute Gasteiger partial charge is 0.550 e. The van der Waals surface area contributed by atoms with Crippen molar-refractivity contribution in [1.29, 1.82) is 0 Å². The molecule has 1 aliphatic rings. The summed E-state index contributed by atoms with van der Waals surface area (Å²) in [7, 11) is 1.26. The second-order valence-electron chi connectivity index (χ2n) is 4.62. The van der Waals surface area contributed by atoms with Crippen molar-refractivity contribution in [3.05, 3.63) is 28.5 Å². The fraction of sp³-hybridized carbons (Fsp3) is 0.357. The first-order valence-electron chi connectivity index (χ1n) is 6.37. The molecule has 6 nitrogen and oxygen atoms in total. The highest BCUT2D eigenvalue weighted by Crippen LogP contribution is 2.29. The van der Waals surface area contributed by atoms with Gasteiger partial charge in [-0.3, -0.25) is 4.79 Å². The average Bonchev–Trinajstić information content (AvgIpc) is 2.94. The molecule has 2 atom stereocenters. The van der Waals surface area contributed by atoms with Crippen LogP contribution in [0.25, 0.3) is 0 Å². The van der Waals surface area contributed by atoms with Gasteiger partial charge in [-0.25, -0.2) is 4.79 Å². The molecule has 7 heteroatoms. The summed E-state index contributed by atoms with van der Waals surface area (Å²) in [6, 6.07) is 1.58. The molecular weight excluding hydrogens is 294 g/mol. The Balaban J connectivity index is 2.14. The SMILES string of the molecule is COC(=O)c1sccc1NC(=O)C1CC=CCC1C(=O)[O-]. The third kappa shape index (κ3) is 3.30. The van der Waals surface area contributed by atoms with E-state index >= 15 is 0 Å². The van der Waals surface area contributed by atoms with Gasteiger partial charge in [0.1, 0.15) is 4.88 Å². The lowest BCUT2D eigenvalue weighted by Crippen LogP contribution is -2.41. The number of carboxylic acid groups (broad SMARTS) is 1. The van der Waals surface area contributed by atoms with Gasteiger partial charge in [0.25, 0.3) is 0 Å². The number of esters is 1. The Bertz CT molecular complexity index is 592. The van der Waals surface area contributed by atoms with Crippen molar-refractivity contribution in [3.8, 4) is 0 Å². The van der Waals surface area contributed by atoms with Gasteiger partial charge in [-0.05, 0) is 24.3 Å². The van der Waals surface area contributed by atoms with Crippen LogP contribution >= 0.6 is 11.3 Å². The third-order valence-corrected chi connectivity index (χ3v) is 4.26. The molecule has 0 aromatic carbocycles. The van der Waals surface area contributed by atoms with E-state index < -0.39 is 29.7 Å². The summed E-state index contributed by atoms with van der Waals surface area (Å²) in [4.78, 5) is 35.2. The molecule has 0 bridgehead atoms. The Morgan fingerprint density at radius 3 is 2.57 bits per heavy atom. The van der Waals surface area contributed by atoms with E-state index in [0.29, 0.717) is 12.1 Å². The molecule has 2 rings (SSSR count). The van der Waals surface area contributed by atoms with E-state index in [0.717, 1.165) is 11.3 Å². The van der Waals surface area contributed by atoms with Crippen molar-refractivity contribution in [2.45, 2.75) is 12.8 Å². The molecule has 21 heavy (non-hydrogen) atoms. The topological polar surface area (TPSA) is 95.5 Å². The standard InChI is InChI=1S/C14H15NO5S/c1-20-14(19)11-10(6-7-21-11)15-12(16)8-4-2-3-5-9(8)13(17)18/h2-3,6-9H,4-5H2,1H3,(H,15,16)(H,17,18)/p-1. The van der Waals surface area contributed by atoms with Gasteiger partial charge in [0.15, 0.2) is 0 Å². The van der Waals surface area contributed by atoms with Crippen LogP contribution in [0, 0.1) is 11.8 Å². The van der Waals surface area contributed by atoms with E-state index in [1.807, 2.05) is 0 Å². The number of hydrogen-bond acceptors (Lipinski definition) is 6. The van der Waals surface area contributed by atoms with E-state index in [2.05, 4.69) is 10.1 Å². The van der Waals surface area contributed by atoms with Crippen LogP contribution in [0.3, 0.4) is 0 Å². The number of carbonyl (C=O) groups is 3. The van der Waals surface area contributed by atoms with Crippen LogP contribution in [-0.2, 0) is 14.3 Å². The molecule has 0 saturated carbocycles. The van der Waals surface area contributed by atoms with Crippen LogP contribution in [0.1, 0.15) is 22.5 Å². The van der Waals surface area contributed by atoms with Crippen LogP contribution in [0.5, 0.6) is 0 Å². The fourth-order valence-corrected chi connectivity index (χ4v) is 3.01. The smallest absolute Gasteiger partial charge is 0.350 e. The van der Waals surface area contributed by atoms with Gasteiger partial charge in [-0.2, -0.15) is 0 Å². The predicted octanol–water partition coefficient (Wildman–Crippen LogP) is 0.805. The Hall–Kier alpha value is -2.15. The Kier molecular flexibility index (Phi) is 4.74. The zero-order valence-electron chi connectivity index (χ0n) is 11.3. The average molecular weight is 308 g/mol. The molecule has 1 amide bonds. The Morgan fingerprint density at radius 1 is 1.29 bits per heavy atom. The number of anilines is 1. The van der Waals surface area contributed by atoms with Crippen molar-refractivity contribution >= 4 is 34.9 Å². The molecule has 0 radical (unpaired) electrons. The number of ether oxygens (including phenoxy) is 1. The highest BCUT2D eigenvalue weighted by Gasteiger charge is 2.30. The summed E-state index contributed by atoms with van der Waals surface area (Å²) in [6.07, 6.45) is 4.11. The number of methoxy groups -OCH3 is 1. The maximum atomic E-state index is 12.3. The van der Waals surface area contributed by atoms with Gasteiger partial charge in [-0.15, -0.1) is 11.3 Å². The van der Waals surface area contributed by atoms with Crippen molar-refractivity contribution in [3.63, 3.8) is 0 Å². The minimum absolute atomic E-state index is 0.272. The Morgan fingerprint density at radius 2 is 1.95 bits per heavy atom. The first kappa shape index (κ1) is 15.2. The normalized spacial score (nSPS) is 20.8. The van der Waals surface area contributed by atoms with Crippen LogP contribution < -0.4 is 10.4 Å². The lowest BCUT2D eigenvalue weighted by molar-refractivity contribution is -0.313. The second kappa shape index (κ2) is 6.53. The lowest BCUT2D eigenvalue weighted by atomic mass is 9.82. The van der Waals surface area contributed by atoms with Crippen LogP contribution in [0.2, 0.25) is 0 Å². The van der Waals surface area contributed by atoms with E-state index in [1.165, 1.54) is 7.11 Å². The van der Waals surface area contributed by atoms with E-state index in [-0.39, 0.29) is 11.3 Å². The van der Waals surface area contributed by atoms with Crippen molar-refractivity contribution < 1.29 is 24.2 Å². The molecule has 0 saturated heterocycles. The number of thiophene rings is 1. The Labute approximate surface area is 125 Å². The van der Waals surface area contributed by atoms with Gasteiger partial charge in [-0.1, -0.05) is 12.2 Å². The van der Waals surface area contributed by atoms with Crippen molar-refractivity contribution in [2.75, 3.05) is 12.4 Å². The number of allylic oxidation sites excluding steroid dienone is 2. The molecule has 0 fully saturated rings. The molecule has 1 aliphatic carbocycles. The maximum absolute atomic E-state index is 12.3. The van der Waals surface area contributed by atoms with Gasteiger partial charge < -0.3 is 20.0 Å². The number of carbonyl (C=O) groups excluding carboxylic acids is 3. The molecule has 1 aromatic rings. The summed E-state index contributed by atoms with van der Waals surface area (Å²) >= 11 is 1.15. The summed E-state index contributed by atoms with van der Waals surface area (Å²) in [6.45, 7) is 0. The first-order chi connectivity index (χ1) is 10.0. The molecule has 1 heterocycles. The maximum Gasteiger partial charge on any atom is 0.350 e. The monoisotopic (exact) mass is 308 g/mol. The molecule has 1 N–H and O–H groups in total. The molecule has 2 unspecified atom stereocenters. The van der Waals surface area contributed by atoms with Gasteiger partial charge in [0, 0.05) is 11.9 Å². The molecule has 0 spiro atoms. The zero-order chi connectivity index (χ0) is 15.4. The molecule has 0 aliphatic heterocycles. The van der Waals surface area contributed by atoms with E-state index in [4.69, 9.17) is 0 Å². The molecule has 112 valence electrons. The van der Waals surface area contributed by atoms with Crippen LogP contribution in [-0.4, -0.2) is 25.0 Å². The van der Waals surface area contributed by atoms with E-state index in [1.54, 1.807) is 23.6 Å². The minimum Gasteiger partial charge on any atom is -0.550 e. The summed E-state index contributed by atoms with van der Waals surface area (Å²) in [5.41, 5.74) is 0.337. The lowest BCUT2D eigenvalue weighted by Gasteiger charge is -2.28. The molecule has 1 aromatic heterocycles. The number of carboxylic acids is 1. The van der Waals surface area contributed by atoms with Crippen molar-refractivity contribution in [2.24, 2.45) is 11.8 Å². The highest BCUT2D eigenvalue weighted by atomic mass is 32.1. The number of hydrogen-bond donors (Lipinski definition) is 1. The zero-order valence-corrected chi connectivity index (χ0v) is 12.1. The molecular formula is C14H14NO5S-. The number of nitrogens with one attached hydrogen (secondary N) is 1. The van der Waals surface area contributed by atoms with E-state index in [9.17, 15) is 19.5 Å². The number of amides is 1. The van der Waals surface area contributed by atoms with Crippen LogP contribution in [0.15, 0.2) is 23.6 Å². The second-order valence-corrected chi connectivity index (χ2v) is 5.54. The van der Waals surface area contributed by atoms with Gasteiger partial charge in [0.2, 0.25) is 5.91 Å². The van der Waals surface area contributed by atoms with Gasteiger partial charge in [0.05, 0.1) is 18.7 Å².